The van der Waals surface area contributed by atoms with Gasteiger partial charge in [-0.3, -0.25) is 4.79 Å². The number of halogens is 1. The molecule has 0 aromatic heterocycles. The van der Waals surface area contributed by atoms with Crippen molar-refractivity contribution in [1.82, 2.24) is 10.6 Å². The Morgan fingerprint density at radius 3 is 2.35 bits per heavy atom. The minimum Gasteiger partial charge on any atom is -0.353 e. The predicted octanol–water partition coefficient (Wildman–Crippen LogP) is 2.35. The summed E-state index contributed by atoms with van der Waals surface area (Å²) >= 11 is 0. The number of carbonyl (C=O) groups excluding carboxylic acids is 1. The van der Waals surface area contributed by atoms with Crippen molar-refractivity contribution in [3.8, 4) is 0 Å². The lowest BCUT2D eigenvalue weighted by Crippen LogP contribution is -2.47. The van der Waals surface area contributed by atoms with E-state index in [1.807, 2.05) is 13.8 Å². The van der Waals surface area contributed by atoms with Gasteiger partial charge in [0, 0.05) is 11.5 Å². The topological polar surface area (TPSA) is 41.1 Å². The van der Waals surface area contributed by atoms with Crippen LogP contribution in [0.15, 0.2) is 0 Å². The van der Waals surface area contributed by atoms with Crippen LogP contribution < -0.4 is 10.6 Å². The molecule has 0 bridgehead atoms. The Morgan fingerprint density at radius 1 is 1.35 bits per heavy atom. The molecule has 3 nitrogen and oxygen atoms in total. The van der Waals surface area contributed by atoms with Crippen molar-refractivity contribution in [1.29, 1.82) is 0 Å². The fourth-order valence-electron chi connectivity index (χ4n) is 2.46. The summed E-state index contributed by atoms with van der Waals surface area (Å²) in [5.74, 6) is 0.780. The number of amides is 1. The third kappa shape index (κ3) is 5.73. The van der Waals surface area contributed by atoms with Crippen molar-refractivity contribution in [2.75, 3.05) is 13.1 Å². The van der Waals surface area contributed by atoms with Crippen LogP contribution in [0.4, 0.5) is 0 Å². The highest BCUT2D eigenvalue weighted by Crippen LogP contribution is 2.25. The van der Waals surface area contributed by atoms with Crippen LogP contribution in [0.5, 0.6) is 0 Å². The molecule has 4 heteroatoms. The number of hydrogen-bond donors (Lipinski definition) is 2. The summed E-state index contributed by atoms with van der Waals surface area (Å²) in [5, 5.41) is 6.49. The van der Waals surface area contributed by atoms with Gasteiger partial charge in [-0.2, -0.15) is 0 Å². The van der Waals surface area contributed by atoms with Crippen molar-refractivity contribution in [2.45, 2.75) is 53.0 Å². The maximum Gasteiger partial charge on any atom is 0.225 e. The molecule has 1 heterocycles. The average Bonchev–Trinajstić information content (AvgIpc) is 2.17. The molecular formula is C13H27ClN2O. The van der Waals surface area contributed by atoms with Gasteiger partial charge >= 0.3 is 0 Å². The van der Waals surface area contributed by atoms with Crippen LogP contribution in [0.25, 0.3) is 0 Å². The second-order valence-electron chi connectivity index (χ2n) is 5.98. The van der Waals surface area contributed by atoms with Gasteiger partial charge in [-0.15, -0.1) is 12.4 Å². The average molecular weight is 263 g/mol. The molecule has 0 radical (unpaired) electrons. The van der Waals surface area contributed by atoms with Crippen LogP contribution in [-0.2, 0) is 4.79 Å². The third-order valence-electron chi connectivity index (χ3n) is 3.21. The fraction of sp³-hybridized carbons (Fsp3) is 0.923. The highest BCUT2D eigenvalue weighted by molar-refractivity contribution is 5.85. The zero-order valence-corrected chi connectivity index (χ0v) is 12.3. The zero-order chi connectivity index (χ0) is 12.2. The number of nitrogens with one attached hydrogen (secondary N) is 2. The van der Waals surface area contributed by atoms with Crippen LogP contribution in [-0.4, -0.2) is 25.0 Å². The van der Waals surface area contributed by atoms with Crippen molar-refractivity contribution >= 4 is 18.3 Å². The van der Waals surface area contributed by atoms with Crippen LogP contribution >= 0.6 is 12.4 Å². The molecule has 1 rings (SSSR count). The van der Waals surface area contributed by atoms with Gasteiger partial charge in [0.25, 0.3) is 0 Å². The molecule has 0 aromatic carbocycles. The minimum absolute atomic E-state index is 0. The number of carbonyl (C=O) groups is 1. The second kappa shape index (κ2) is 7.22. The van der Waals surface area contributed by atoms with Crippen molar-refractivity contribution in [3.63, 3.8) is 0 Å². The first-order valence-corrected chi connectivity index (χ1v) is 6.43. The Labute approximate surface area is 112 Å². The molecule has 0 aromatic rings. The maximum absolute atomic E-state index is 12.1. The van der Waals surface area contributed by atoms with E-state index in [-0.39, 0.29) is 23.7 Å². The lowest BCUT2D eigenvalue weighted by atomic mass is 9.83. The van der Waals surface area contributed by atoms with E-state index in [2.05, 4.69) is 24.5 Å². The maximum atomic E-state index is 12.1. The monoisotopic (exact) mass is 262 g/mol. The van der Waals surface area contributed by atoms with E-state index in [4.69, 9.17) is 0 Å². The molecule has 1 aliphatic rings. The van der Waals surface area contributed by atoms with Gasteiger partial charge in [0.05, 0.1) is 0 Å². The van der Waals surface area contributed by atoms with E-state index < -0.39 is 0 Å². The van der Waals surface area contributed by atoms with E-state index in [0.29, 0.717) is 12.0 Å². The van der Waals surface area contributed by atoms with Gasteiger partial charge in [0.15, 0.2) is 0 Å². The SMILES string of the molecule is CC(C)CC(C)(C)C(=O)NC1CCNCC1.Cl. The molecule has 102 valence electrons. The summed E-state index contributed by atoms with van der Waals surface area (Å²) in [6.07, 6.45) is 3.07. The Morgan fingerprint density at radius 2 is 1.88 bits per heavy atom. The summed E-state index contributed by atoms with van der Waals surface area (Å²) in [4.78, 5) is 12.1. The molecule has 1 amide bonds. The summed E-state index contributed by atoms with van der Waals surface area (Å²) in [6, 6.07) is 0.375. The first kappa shape index (κ1) is 16.7. The lowest BCUT2D eigenvalue weighted by molar-refractivity contribution is -0.131. The standard InChI is InChI=1S/C13H26N2O.ClH/c1-10(2)9-13(3,4)12(16)15-11-5-7-14-8-6-11;/h10-11,14H,5-9H2,1-4H3,(H,15,16);1H. The van der Waals surface area contributed by atoms with Gasteiger partial charge in [0.1, 0.15) is 0 Å². The van der Waals surface area contributed by atoms with Gasteiger partial charge in [-0.25, -0.2) is 0 Å². The summed E-state index contributed by atoms with van der Waals surface area (Å²) in [7, 11) is 0. The smallest absolute Gasteiger partial charge is 0.225 e. The molecule has 0 atom stereocenters. The van der Waals surface area contributed by atoms with E-state index in [1.54, 1.807) is 0 Å². The summed E-state index contributed by atoms with van der Waals surface area (Å²) < 4.78 is 0. The van der Waals surface area contributed by atoms with E-state index in [1.165, 1.54) is 0 Å². The Balaban J connectivity index is 0.00000256. The van der Waals surface area contributed by atoms with Gasteiger partial charge < -0.3 is 10.6 Å². The van der Waals surface area contributed by atoms with E-state index in [9.17, 15) is 4.79 Å². The second-order valence-corrected chi connectivity index (χ2v) is 5.98. The summed E-state index contributed by atoms with van der Waals surface area (Å²) in [6.45, 7) is 10.5. The largest absolute Gasteiger partial charge is 0.353 e. The molecular weight excluding hydrogens is 236 g/mol. The number of rotatable bonds is 4. The predicted molar refractivity (Wildman–Crippen MR) is 74.5 cm³/mol. The number of piperidine rings is 1. The molecule has 0 spiro atoms. The van der Waals surface area contributed by atoms with Crippen molar-refractivity contribution in [3.05, 3.63) is 0 Å². The van der Waals surface area contributed by atoms with E-state index in [0.717, 1.165) is 32.4 Å². The molecule has 0 unspecified atom stereocenters. The molecule has 2 N–H and O–H groups in total. The fourth-order valence-corrected chi connectivity index (χ4v) is 2.46. The molecule has 1 aliphatic heterocycles. The zero-order valence-electron chi connectivity index (χ0n) is 11.5. The van der Waals surface area contributed by atoms with Crippen LogP contribution in [0.3, 0.4) is 0 Å². The van der Waals surface area contributed by atoms with Gasteiger partial charge in [-0.05, 0) is 38.3 Å². The molecule has 0 saturated carbocycles. The Kier molecular flexibility index (Phi) is 7.10. The van der Waals surface area contributed by atoms with Crippen LogP contribution in [0.2, 0.25) is 0 Å². The first-order valence-electron chi connectivity index (χ1n) is 6.43. The number of hydrogen-bond acceptors (Lipinski definition) is 2. The molecule has 1 saturated heterocycles. The van der Waals surface area contributed by atoms with Crippen molar-refractivity contribution in [2.24, 2.45) is 11.3 Å². The molecule has 1 fully saturated rings. The quantitative estimate of drug-likeness (QED) is 0.817. The van der Waals surface area contributed by atoms with Crippen LogP contribution in [0, 0.1) is 11.3 Å². The summed E-state index contributed by atoms with van der Waals surface area (Å²) in [5.41, 5.74) is -0.237. The highest BCUT2D eigenvalue weighted by atomic mass is 35.5. The molecule has 0 aliphatic carbocycles. The molecule has 17 heavy (non-hydrogen) atoms. The van der Waals surface area contributed by atoms with E-state index >= 15 is 0 Å². The normalized spacial score (nSPS) is 17.7. The minimum atomic E-state index is -0.237. The van der Waals surface area contributed by atoms with Gasteiger partial charge in [-0.1, -0.05) is 27.7 Å². The Bertz CT molecular complexity index is 236. The van der Waals surface area contributed by atoms with Crippen molar-refractivity contribution < 1.29 is 4.79 Å². The Hall–Kier alpha value is -0.280. The third-order valence-corrected chi connectivity index (χ3v) is 3.21. The van der Waals surface area contributed by atoms with Crippen LogP contribution in [0.1, 0.15) is 47.0 Å². The first-order chi connectivity index (χ1) is 7.42. The lowest BCUT2D eigenvalue weighted by Gasteiger charge is -2.30. The highest BCUT2D eigenvalue weighted by Gasteiger charge is 2.30. The van der Waals surface area contributed by atoms with Gasteiger partial charge in [0.2, 0.25) is 5.91 Å².